The van der Waals surface area contributed by atoms with Crippen LogP contribution in [-0.4, -0.2) is 35.5 Å². The first kappa shape index (κ1) is 27.6. The summed E-state index contributed by atoms with van der Waals surface area (Å²) in [6.07, 6.45) is 0. The van der Waals surface area contributed by atoms with Crippen molar-refractivity contribution >= 4 is 0 Å². The molecule has 0 spiro atoms. The lowest BCUT2D eigenvalue weighted by Gasteiger charge is -2.24. The minimum absolute atomic E-state index is 0.127. The van der Waals surface area contributed by atoms with Crippen LogP contribution in [0.4, 0.5) is 61.5 Å². The highest BCUT2D eigenvalue weighted by molar-refractivity contribution is 5.65. The summed E-state index contributed by atoms with van der Waals surface area (Å²) in [5.41, 5.74) is 0.253. The fourth-order valence-corrected chi connectivity index (χ4v) is 3.40. The van der Waals surface area contributed by atoms with Gasteiger partial charge in [-0.2, -0.15) is 52.7 Å². The Morgan fingerprint density at radius 3 is 0.868 bits per heavy atom. The van der Waals surface area contributed by atoms with E-state index in [-0.39, 0.29) is 11.1 Å². The van der Waals surface area contributed by atoms with Crippen molar-refractivity contribution in [1.82, 2.24) is 0 Å². The van der Waals surface area contributed by atoms with Crippen LogP contribution in [0.25, 0.3) is 11.1 Å². The summed E-state index contributed by atoms with van der Waals surface area (Å²) in [6, 6.07) is 7.26. The van der Waals surface area contributed by atoms with Gasteiger partial charge in [0.05, 0.1) is 0 Å². The molecule has 0 heterocycles. The van der Waals surface area contributed by atoms with Crippen molar-refractivity contribution < 1.29 is 70.9 Å². The van der Waals surface area contributed by atoms with Gasteiger partial charge in [0.25, 0.3) is 0 Å². The summed E-state index contributed by atoms with van der Waals surface area (Å²) < 4.78 is 197. The van der Waals surface area contributed by atoms with Crippen LogP contribution in [0.5, 0.6) is 11.5 Å². The van der Waals surface area contributed by atoms with Crippen molar-refractivity contribution in [3.05, 3.63) is 71.7 Å². The third-order valence-corrected chi connectivity index (χ3v) is 5.58. The summed E-state index contributed by atoms with van der Waals surface area (Å²) in [6.45, 7) is 0. The van der Waals surface area contributed by atoms with Gasteiger partial charge < -0.3 is 9.47 Å². The topological polar surface area (TPSA) is 18.5 Å². The molecule has 0 bridgehead atoms. The molecule has 0 unspecified atom stereocenters. The molecular formula is C22H8F14O2. The van der Waals surface area contributed by atoms with Gasteiger partial charge in [-0.25, -0.2) is 8.78 Å². The first-order valence-electron chi connectivity index (χ1n) is 9.85. The SMILES string of the molecule is FC1=C(Oc2ccc(-c3ccc(OC4=C(F)C(F)(F)C(F)(F)C4(F)F)cc3)cc2)C(F)(F)C(F)(F)C1(F)F. The standard InChI is InChI=1S/C22H8F14O2/c23-13-15(19(29,30)21(33,34)17(13,25)26)37-11-5-1-9(2-6-11)10-3-7-12(8-4-10)38-16-14(24)18(27,28)22(35,36)20(16,31)32/h1-8H. The normalized spacial score (nSPS) is 24.1. The monoisotopic (exact) mass is 570 g/mol. The summed E-state index contributed by atoms with van der Waals surface area (Å²) in [5.74, 6) is -48.3. The van der Waals surface area contributed by atoms with E-state index >= 15 is 0 Å². The lowest BCUT2D eigenvalue weighted by atomic mass is 10.1. The van der Waals surface area contributed by atoms with E-state index in [0.29, 0.717) is 0 Å². The molecule has 2 nitrogen and oxygen atoms in total. The highest BCUT2D eigenvalue weighted by Crippen LogP contribution is 2.61. The van der Waals surface area contributed by atoms with Crippen LogP contribution >= 0.6 is 0 Å². The highest BCUT2D eigenvalue weighted by atomic mass is 19.4. The quantitative estimate of drug-likeness (QED) is 0.337. The second-order valence-corrected chi connectivity index (χ2v) is 7.99. The largest absolute Gasteiger partial charge is 0.452 e. The van der Waals surface area contributed by atoms with E-state index in [0.717, 1.165) is 48.5 Å². The molecule has 38 heavy (non-hydrogen) atoms. The molecule has 2 aliphatic carbocycles. The lowest BCUT2D eigenvalue weighted by molar-refractivity contribution is -0.272. The average Bonchev–Trinajstić information content (AvgIpc) is 2.98. The van der Waals surface area contributed by atoms with Gasteiger partial charge in [0, 0.05) is 0 Å². The van der Waals surface area contributed by atoms with Crippen molar-refractivity contribution in [3.63, 3.8) is 0 Å². The van der Waals surface area contributed by atoms with Gasteiger partial charge in [-0.05, 0) is 35.4 Å². The number of alkyl halides is 12. The zero-order valence-corrected chi connectivity index (χ0v) is 17.7. The van der Waals surface area contributed by atoms with Gasteiger partial charge in [-0.3, -0.25) is 0 Å². The lowest BCUT2D eigenvalue weighted by Crippen LogP contribution is -2.49. The Morgan fingerprint density at radius 2 is 0.658 bits per heavy atom. The van der Waals surface area contributed by atoms with Crippen LogP contribution in [0.1, 0.15) is 0 Å². The molecule has 0 radical (unpaired) electrons. The van der Waals surface area contributed by atoms with Gasteiger partial charge in [-0.15, -0.1) is 0 Å². The van der Waals surface area contributed by atoms with Crippen LogP contribution in [0.2, 0.25) is 0 Å². The van der Waals surface area contributed by atoms with E-state index < -0.39 is 70.2 Å². The zero-order valence-electron chi connectivity index (χ0n) is 17.7. The molecule has 2 aromatic rings. The molecule has 0 aliphatic heterocycles. The smallest absolute Gasteiger partial charge is 0.386 e. The van der Waals surface area contributed by atoms with Crippen LogP contribution in [0, 0.1) is 0 Å². The number of hydrogen-bond acceptors (Lipinski definition) is 2. The first-order valence-corrected chi connectivity index (χ1v) is 9.85. The molecule has 2 aromatic carbocycles. The Hall–Kier alpha value is -3.46. The third kappa shape index (κ3) is 3.47. The van der Waals surface area contributed by atoms with Crippen LogP contribution in [0.3, 0.4) is 0 Å². The fraction of sp³-hybridized carbons (Fsp3) is 0.273. The van der Waals surface area contributed by atoms with E-state index in [1.807, 2.05) is 0 Å². The molecule has 0 amide bonds. The maximum Gasteiger partial charge on any atom is 0.386 e. The minimum atomic E-state index is -6.10. The molecule has 206 valence electrons. The number of hydrogen-bond donors (Lipinski definition) is 0. The van der Waals surface area contributed by atoms with Crippen molar-refractivity contribution in [2.75, 3.05) is 0 Å². The van der Waals surface area contributed by atoms with Crippen LogP contribution in [0.15, 0.2) is 71.7 Å². The molecule has 0 fully saturated rings. The fourth-order valence-electron chi connectivity index (χ4n) is 3.40. The number of rotatable bonds is 5. The van der Waals surface area contributed by atoms with Gasteiger partial charge >= 0.3 is 35.5 Å². The number of allylic oxidation sites excluding steroid dienone is 4. The second kappa shape index (κ2) is 8.02. The second-order valence-electron chi connectivity index (χ2n) is 7.99. The van der Waals surface area contributed by atoms with E-state index in [2.05, 4.69) is 9.47 Å². The maximum atomic E-state index is 13.7. The molecule has 2 aliphatic rings. The third-order valence-electron chi connectivity index (χ3n) is 5.58. The average molecular weight is 570 g/mol. The van der Waals surface area contributed by atoms with Crippen molar-refractivity contribution in [1.29, 1.82) is 0 Å². The molecule has 0 saturated heterocycles. The molecule has 4 rings (SSSR count). The van der Waals surface area contributed by atoms with E-state index in [1.54, 1.807) is 0 Å². The van der Waals surface area contributed by atoms with E-state index in [1.165, 1.54) is 0 Å². The Bertz CT molecular complexity index is 1220. The number of halogens is 14. The predicted molar refractivity (Wildman–Crippen MR) is 99.1 cm³/mol. The van der Waals surface area contributed by atoms with E-state index in [9.17, 15) is 61.5 Å². The molecule has 0 N–H and O–H groups in total. The Balaban J connectivity index is 1.53. The molecule has 0 aromatic heterocycles. The summed E-state index contributed by atoms with van der Waals surface area (Å²) >= 11 is 0. The van der Waals surface area contributed by atoms with Crippen molar-refractivity contribution in [3.8, 4) is 22.6 Å². The maximum absolute atomic E-state index is 13.7. The first-order chi connectivity index (χ1) is 17.2. The Labute approximate surface area is 201 Å². The molecule has 0 saturated carbocycles. The summed E-state index contributed by atoms with van der Waals surface area (Å²) in [4.78, 5) is 0. The van der Waals surface area contributed by atoms with Gasteiger partial charge in [-0.1, -0.05) is 24.3 Å². The van der Waals surface area contributed by atoms with E-state index in [4.69, 9.17) is 0 Å². The van der Waals surface area contributed by atoms with Crippen LogP contribution < -0.4 is 9.47 Å². The number of benzene rings is 2. The molecule has 16 heteroatoms. The summed E-state index contributed by atoms with van der Waals surface area (Å²) in [7, 11) is 0. The Kier molecular flexibility index (Phi) is 5.82. The highest BCUT2D eigenvalue weighted by Gasteiger charge is 2.83. The zero-order chi connectivity index (χ0) is 28.7. The Morgan fingerprint density at radius 1 is 0.395 bits per heavy atom. The predicted octanol–water partition coefficient (Wildman–Crippen LogP) is 8.31. The molecular weight excluding hydrogens is 562 g/mol. The van der Waals surface area contributed by atoms with Crippen LogP contribution in [-0.2, 0) is 0 Å². The minimum Gasteiger partial charge on any atom is -0.452 e. The van der Waals surface area contributed by atoms with Crippen molar-refractivity contribution in [2.24, 2.45) is 0 Å². The molecule has 0 atom stereocenters. The van der Waals surface area contributed by atoms with Gasteiger partial charge in [0.2, 0.25) is 23.2 Å². The van der Waals surface area contributed by atoms with Crippen molar-refractivity contribution in [2.45, 2.75) is 35.5 Å². The van der Waals surface area contributed by atoms with Gasteiger partial charge in [0.15, 0.2) is 0 Å². The number of ether oxygens (including phenoxy) is 2. The summed E-state index contributed by atoms with van der Waals surface area (Å²) in [5, 5.41) is 0. The van der Waals surface area contributed by atoms with Gasteiger partial charge in [0.1, 0.15) is 11.5 Å².